The van der Waals surface area contributed by atoms with Gasteiger partial charge in [-0.2, -0.15) is 0 Å². The van der Waals surface area contributed by atoms with Crippen molar-refractivity contribution in [3.63, 3.8) is 0 Å². The minimum Gasteiger partial charge on any atom is -0.440 e. The van der Waals surface area contributed by atoms with Gasteiger partial charge in [-0.15, -0.1) is 0 Å². The van der Waals surface area contributed by atoms with E-state index in [0.29, 0.717) is 5.92 Å². The van der Waals surface area contributed by atoms with E-state index in [1.807, 2.05) is 29.3 Å². The minimum atomic E-state index is 0. The van der Waals surface area contributed by atoms with Gasteiger partial charge in [0.05, 0.1) is 6.20 Å². The van der Waals surface area contributed by atoms with Crippen molar-refractivity contribution < 1.29 is 11.0 Å². The molecule has 5 rings (SSSR count). The predicted octanol–water partition coefficient (Wildman–Crippen LogP) is 4.05. The molecule has 0 spiro atoms. The summed E-state index contributed by atoms with van der Waals surface area (Å²) in [7, 11) is 0. The Morgan fingerprint density at radius 1 is 1.09 bits per heavy atom. The Bertz CT molecular complexity index is 1010. The lowest BCUT2D eigenvalue weighted by atomic mass is 10.0. The second kappa shape index (κ2) is 9.39. The van der Waals surface area contributed by atoms with Gasteiger partial charge in [0.2, 0.25) is 5.88 Å². The topological polar surface area (TPSA) is 65.6 Å². The third-order valence-corrected chi connectivity index (χ3v) is 6.28. The van der Waals surface area contributed by atoms with Gasteiger partial charge in [0.15, 0.2) is 0 Å². The lowest BCUT2D eigenvalue weighted by molar-refractivity contribution is 0.193. The molecular formula is C26H32N4O2. The fourth-order valence-electron chi connectivity index (χ4n) is 4.38. The molecule has 1 saturated carbocycles. The highest BCUT2D eigenvalue weighted by Crippen LogP contribution is 2.40. The number of ether oxygens (including phenoxy) is 1. The Labute approximate surface area is 190 Å². The van der Waals surface area contributed by atoms with Crippen LogP contribution in [0.1, 0.15) is 37.7 Å². The molecule has 168 valence electrons. The lowest BCUT2D eigenvalue weighted by Crippen LogP contribution is -2.44. The molecule has 2 aromatic rings. The number of urea groups is 1. The van der Waals surface area contributed by atoms with Crippen LogP contribution in [0.2, 0.25) is 0 Å². The van der Waals surface area contributed by atoms with Crippen LogP contribution in [0.3, 0.4) is 0 Å². The monoisotopic (exact) mass is 432 g/mol. The van der Waals surface area contributed by atoms with Gasteiger partial charge in [0, 0.05) is 39.6 Å². The maximum Gasteiger partial charge on any atom is 0.317 e. The Hall–Kier alpha value is -3.41. The van der Waals surface area contributed by atoms with Crippen LogP contribution < -0.4 is 20.7 Å². The molecule has 2 aliphatic heterocycles. The van der Waals surface area contributed by atoms with E-state index in [0.717, 1.165) is 62.6 Å². The number of hydrogen-bond donors (Lipinski definition) is 3. The molecule has 32 heavy (non-hydrogen) atoms. The van der Waals surface area contributed by atoms with Crippen molar-refractivity contribution in [3.05, 3.63) is 83.4 Å². The third kappa shape index (κ3) is 5.07. The van der Waals surface area contributed by atoms with Crippen molar-refractivity contribution in [2.45, 2.75) is 31.2 Å². The quantitative estimate of drug-likeness (QED) is 0.667. The van der Waals surface area contributed by atoms with Crippen molar-refractivity contribution in [3.8, 4) is 5.75 Å². The highest BCUT2D eigenvalue weighted by molar-refractivity contribution is 5.75. The van der Waals surface area contributed by atoms with E-state index < -0.39 is 0 Å². The van der Waals surface area contributed by atoms with Gasteiger partial charge in [0.1, 0.15) is 5.75 Å². The maximum atomic E-state index is 12.7. The normalized spacial score (nSPS) is 22.2. The van der Waals surface area contributed by atoms with Crippen molar-refractivity contribution in [2.75, 3.05) is 26.2 Å². The second-order valence-electron chi connectivity index (χ2n) is 8.66. The summed E-state index contributed by atoms with van der Waals surface area (Å²) in [5.41, 5.74) is 3.82. The van der Waals surface area contributed by atoms with Crippen LogP contribution in [-0.4, -0.2) is 43.2 Å². The van der Waals surface area contributed by atoms with E-state index in [-0.39, 0.29) is 13.5 Å². The van der Waals surface area contributed by atoms with Crippen LogP contribution in [0.5, 0.6) is 5.75 Å². The van der Waals surface area contributed by atoms with Crippen LogP contribution in [0.4, 0.5) is 4.79 Å². The largest absolute Gasteiger partial charge is 0.440 e. The van der Waals surface area contributed by atoms with Crippen LogP contribution in [0.15, 0.2) is 72.3 Å². The van der Waals surface area contributed by atoms with E-state index in [9.17, 15) is 4.79 Å². The van der Waals surface area contributed by atoms with E-state index in [4.69, 9.17) is 4.74 Å². The van der Waals surface area contributed by atoms with Gasteiger partial charge >= 0.3 is 6.03 Å². The maximum absolute atomic E-state index is 12.7. The van der Waals surface area contributed by atoms with Crippen molar-refractivity contribution in [1.29, 1.82) is 0 Å². The third-order valence-electron chi connectivity index (χ3n) is 6.28. The first-order valence-electron chi connectivity index (χ1n) is 11.5. The van der Waals surface area contributed by atoms with Gasteiger partial charge in [-0.05, 0) is 42.5 Å². The van der Waals surface area contributed by atoms with E-state index in [1.165, 1.54) is 11.1 Å². The summed E-state index contributed by atoms with van der Waals surface area (Å²) in [5, 5.41) is 9.62. The summed E-state index contributed by atoms with van der Waals surface area (Å²) in [6, 6.07) is 18.9. The summed E-state index contributed by atoms with van der Waals surface area (Å²) in [4.78, 5) is 14.6. The standard InChI is InChI=1S/C26H30N4O2.H2/c31-26(29-24-17-23(24)21-6-2-1-3-7-21)30-13-9-19(10-14-30)15-20-5-4-8-22(16-20)32-25-18-27-11-12-28-25;/h1-8,15-16,18,23-24,27-28H,9-14,17H2,(H,29,31);1H. The first-order valence-corrected chi connectivity index (χ1v) is 11.5. The highest BCUT2D eigenvalue weighted by atomic mass is 16.5. The first kappa shape index (κ1) is 20.5. The zero-order chi connectivity index (χ0) is 21.8. The van der Waals surface area contributed by atoms with Gasteiger partial charge in [-0.25, -0.2) is 4.79 Å². The number of amides is 2. The van der Waals surface area contributed by atoms with Crippen LogP contribution in [0, 0.1) is 0 Å². The van der Waals surface area contributed by atoms with Crippen molar-refractivity contribution in [2.24, 2.45) is 0 Å². The molecule has 2 atom stereocenters. The van der Waals surface area contributed by atoms with Gasteiger partial charge in [-0.1, -0.05) is 54.1 Å². The fraction of sp³-hybridized carbons (Fsp3) is 0.346. The Morgan fingerprint density at radius 3 is 2.72 bits per heavy atom. The molecule has 6 nitrogen and oxygen atoms in total. The second-order valence-corrected chi connectivity index (χ2v) is 8.66. The number of piperidine rings is 1. The lowest BCUT2D eigenvalue weighted by Gasteiger charge is -2.28. The SMILES string of the molecule is O=C(NC1CC1c1ccccc1)N1CCC(=Cc2cccc(OC3=CNCCN3)c2)CC1.[HH]. The first-order chi connectivity index (χ1) is 15.7. The summed E-state index contributed by atoms with van der Waals surface area (Å²) >= 11 is 0. The minimum absolute atomic E-state index is 0. The zero-order valence-corrected chi connectivity index (χ0v) is 18.2. The van der Waals surface area contributed by atoms with E-state index in [1.54, 1.807) is 0 Å². The van der Waals surface area contributed by atoms with Crippen LogP contribution in [0.25, 0.3) is 6.08 Å². The molecule has 1 saturated heterocycles. The van der Waals surface area contributed by atoms with Crippen molar-refractivity contribution in [1.82, 2.24) is 20.9 Å². The molecule has 2 unspecified atom stereocenters. The Kier molecular flexibility index (Phi) is 6.01. The molecule has 0 radical (unpaired) electrons. The van der Waals surface area contributed by atoms with Crippen LogP contribution >= 0.6 is 0 Å². The summed E-state index contributed by atoms with van der Waals surface area (Å²) < 4.78 is 5.91. The van der Waals surface area contributed by atoms with Gasteiger partial charge in [-0.3, -0.25) is 0 Å². The number of hydrogen-bond acceptors (Lipinski definition) is 4. The summed E-state index contributed by atoms with van der Waals surface area (Å²) in [5.74, 6) is 2.02. The Morgan fingerprint density at radius 2 is 1.94 bits per heavy atom. The molecule has 1 aliphatic carbocycles. The number of benzene rings is 2. The van der Waals surface area contributed by atoms with E-state index >= 15 is 0 Å². The van der Waals surface area contributed by atoms with Gasteiger partial charge in [0.25, 0.3) is 0 Å². The fourth-order valence-corrected chi connectivity index (χ4v) is 4.38. The smallest absolute Gasteiger partial charge is 0.317 e. The predicted molar refractivity (Wildman–Crippen MR) is 128 cm³/mol. The average Bonchev–Trinajstić information content (AvgIpc) is 3.60. The average molecular weight is 433 g/mol. The molecular weight excluding hydrogens is 400 g/mol. The number of nitrogens with one attached hydrogen (secondary N) is 3. The number of rotatable bonds is 5. The summed E-state index contributed by atoms with van der Waals surface area (Å²) in [6.07, 6.45) is 6.94. The molecule has 3 N–H and O–H groups in total. The number of carbonyl (C=O) groups is 1. The highest BCUT2D eigenvalue weighted by Gasteiger charge is 2.40. The zero-order valence-electron chi connectivity index (χ0n) is 18.2. The molecule has 0 bridgehead atoms. The van der Waals surface area contributed by atoms with Gasteiger partial charge < -0.3 is 25.6 Å². The Balaban J connectivity index is 0.00000259. The van der Waals surface area contributed by atoms with Crippen LogP contribution in [-0.2, 0) is 0 Å². The molecule has 2 aromatic carbocycles. The molecule has 3 aliphatic rings. The number of carbonyl (C=O) groups excluding carboxylic acids is 1. The molecule has 6 heteroatoms. The number of nitrogens with zero attached hydrogens (tertiary/aromatic N) is 1. The molecule has 2 fully saturated rings. The van der Waals surface area contributed by atoms with E-state index in [2.05, 4.69) is 58.4 Å². The molecule has 2 heterocycles. The molecule has 0 aromatic heterocycles. The molecule has 2 amide bonds. The summed E-state index contributed by atoms with van der Waals surface area (Å²) in [6.45, 7) is 3.29. The number of likely N-dealkylation sites (tertiary alicyclic amines) is 1. The van der Waals surface area contributed by atoms with Crippen molar-refractivity contribution >= 4 is 12.1 Å².